The number of hydrogen-bond acceptors (Lipinski definition) is 2. The summed E-state index contributed by atoms with van der Waals surface area (Å²) in [6.07, 6.45) is 0. The van der Waals surface area contributed by atoms with E-state index >= 15 is 0 Å². The minimum atomic E-state index is -1.07. The fourth-order valence-electron chi connectivity index (χ4n) is 0.791. The summed E-state index contributed by atoms with van der Waals surface area (Å²) in [4.78, 5) is 13.2. The molecule has 0 fully saturated rings. The van der Waals surface area contributed by atoms with Crippen molar-refractivity contribution in [1.82, 2.24) is 0 Å². The number of hydrogen-bond donors (Lipinski definition) is 1. The number of rotatable bonds is 2. The van der Waals surface area contributed by atoms with Gasteiger partial charge in [-0.3, -0.25) is 0 Å². The maximum Gasteiger partial charge on any atom is 0.336 e. The van der Waals surface area contributed by atoms with Gasteiger partial charge < -0.3 is 5.11 Å². The molecule has 1 aromatic rings. The molecule has 13 heavy (non-hydrogen) atoms. The molecule has 1 N–H and O–H groups in total. The van der Waals surface area contributed by atoms with Crippen LogP contribution in [0.5, 0.6) is 0 Å². The van der Waals surface area contributed by atoms with Crippen LogP contribution in [0, 0.1) is 0 Å². The first-order valence-corrected chi connectivity index (χ1v) is 4.02. The molecule has 0 spiro atoms. The highest BCUT2D eigenvalue weighted by Gasteiger charge is 2.07. The fraction of sp³-hybridized carbons (Fsp3) is 0. The van der Waals surface area contributed by atoms with Crippen LogP contribution < -0.4 is 0 Å². The minimum Gasteiger partial charge on any atom is -0.478 e. The van der Waals surface area contributed by atoms with Crippen molar-refractivity contribution in [3.8, 4) is 0 Å². The third-order valence-corrected chi connectivity index (χ3v) is 2.03. The van der Waals surface area contributed by atoms with Crippen molar-refractivity contribution in [3.05, 3.63) is 38.7 Å². The molecule has 0 aliphatic rings. The van der Waals surface area contributed by atoms with Gasteiger partial charge in [-0.25, -0.2) is 4.79 Å². The molecule has 0 saturated heterocycles. The Morgan fingerprint density at radius 3 is 2.85 bits per heavy atom. The molecule has 1 aromatic carbocycles. The fourth-order valence-corrected chi connectivity index (χ4v) is 1.21. The minimum absolute atomic E-state index is 0.0740. The predicted molar refractivity (Wildman–Crippen MR) is 49.9 cm³/mol. The van der Waals surface area contributed by atoms with Gasteiger partial charge in [-0.15, -0.1) is 0 Å². The number of benzene rings is 1. The molecule has 0 aliphatic carbocycles. The number of aromatic carboxylic acids is 1. The lowest BCUT2D eigenvalue weighted by Crippen LogP contribution is -1.96. The maximum atomic E-state index is 10.6. The molecule has 0 unspecified atom stereocenters. The van der Waals surface area contributed by atoms with Crippen LogP contribution in [0.3, 0.4) is 0 Å². The molecule has 0 atom stereocenters. The number of azide groups is 1. The summed E-state index contributed by atoms with van der Waals surface area (Å²) >= 11 is 3.07. The van der Waals surface area contributed by atoms with Crippen LogP contribution in [0.2, 0.25) is 0 Å². The highest BCUT2D eigenvalue weighted by molar-refractivity contribution is 9.10. The lowest BCUT2D eigenvalue weighted by molar-refractivity contribution is 0.0696. The van der Waals surface area contributed by atoms with Crippen molar-refractivity contribution >= 4 is 27.6 Å². The molecule has 0 heterocycles. The molecule has 5 nitrogen and oxygen atoms in total. The molecule has 0 saturated carbocycles. The zero-order valence-electron chi connectivity index (χ0n) is 6.31. The number of halogens is 1. The molecular weight excluding hydrogens is 238 g/mol. The molecule has 1 rings (SSSR count). The van der Waals surface area contributed by atoms with E-state index in [-0.39, 0.29) is 11.3 Å². The molecule has 6 heteroatoms. The van der Waals surface area contributed by atoms with Gasteiger partial charge in [-0.05, 0) is 33.6 Å². The first-order valence-electron chi connectivity index (χ1n) is 3.23. The highest BCUT2D eigenvalue weighted by Crippen LogP contribution is 2.22. The van der Waals surface area contributed by atoms with Crippen LogP contribution in [-0.4, -0.2) is 11.1 Å². The van der Waals surface area contributed by atoms with E-state index in [1.807, 2.05) is 0 Å². The van der Waals surface area contributed by atoms with Gasteiger partial charge in [0.1, 0.15) is 0 Å². The van der Waals surface area contributed by atoms with Gasteiger partial charge in [-0.1, -0.05) is 11.2 Å². The summed E-state index contributed by atoms with van der Waals surface area (Å²) < 4.78 is 0.455. The molecule has 0 bridgehead atoms. The van der Waals surface area contributed by atoms with Crippen LogP contribution in [0.4, 0.5) is 5.69 Å². The van der Waals surface area contributed by atoms with Gasteiger partial charge in [0.15, 0.2) is 0 Å². The first-order chi connectivity index (χ1) is 6.15. The Morgan fingerprint density at radius 1 is 1.62 bits per heavy atom. The average Bonchev–Trinajstić information content (AvgIpc) is 2.08. The molecule has 0 radical (unpaired) electrons. The Morgan fingerprint density at radius 2 is 2.31 bits per heavy atom. The second-order valence-corrected chi connectivity index (χ2v) is 3.01. The van der Waals surface area contributed by atoms with Crippen LogP contribution >= 0.6 is 15.9 Å². The van der Waals surface area contributed by atoms with E-state index in [0.29, 0.717) is 4.47 Å². The predicted octanol–water partition coefficient (Wildman–Crippen LogP) is 3.09. The lowest BCUT2D eigenvalue weighted by atomic mass is 10.2. The molecule has 0 amide bonds. The van der Waals surface area contributed by atoms with E-state index < -0.39 is 5.97 Å². The van der Waals surface area contributed by atoms with E-state index in [0.717, 1.165) is 0 Å². The van der Waals surface area contributed by atoms with Crippen LogP contribution in [0.1, 0.15) is 10.4 Å². The van der Waals surface area contributed by atoms with Gasteiger partial charge in [0.05, 0.1) is 5.56 Å². The van der Waals surface area contributed by atoms with Crippen LogP contribution in [-0.2, 0) is 0 Å². The van der Waals surface area contributed by atoms with Gasteiger partial charge in [0.2, 0.25) is 0 Å². The molecule has 0 aliphatic heterocycles. The van der Waals surface area contributed by atoms with Crippen LogP contribution in [0.15, 0.2) is 27.8 Å². The van der Waals surface area contributed by atoms with Crippen molar-refractivity contribution < 1.29 is 9.90 Å². The van der Waals surface area contributed by atoms with E-state index in [1.54, 1.807) is 0 Å². The number of carboxylic acids is 1. The topological polar surface area (TPSA) is 86.1 Å². The Bertz CT molecular complexity index is 399. The molecular formula is C7H4BrN3O2. The normalized spacial score (nSPS) is 9.00. The molecule has 66 valence electrons. The van der Waals surface area contributed by atoms with Gasteiger partial charge in [0.25, 0.3) is 0 Å². The monoisotopic (exact) mass is 241 g/mol. The Labute approximate surface area is 81.8 Å². The number of nitrogens with zero attached hydrogens (tertiary/aromatic N) is 3. The standard InChI is InChI=1S/C7H4BrN3O2/c8-6-2-1-4(10-11-9)3-5(6)7(12)13/h1-3H,(H,12,13). The zero-order valence-corrected chi connectivity index (χ0v) is 7.89. The van der Waals surface area contributed by atoms with Crippen molar-refractivity contribution in [2.24, 2.45) is 5.11 Å². The Kier molecular flexibility index (Phi) is 2.89. The maximum absolute atomic E-state index is 10.6. The van der Waals surface area contributed by atoms with Crippen molar-refractivity contribution in [2.75, 3.05) is 0 Å². The van der Waals surface area contributed by atoms with Gasteiger partial charge >= 0.3 is 5.97 Å². The largest absolute Gasteiger partial charge is 0.478 e. The summed E-state index contributed by atoms with van der Waals surface area (Å²) in [6.45, 7) is 0. The first kappa shape index (κ1) is 9.57. The lowest BCUT2D eigenvalue weighted by Gasteiger charge is -1.98. The highest BCUT2D eigenvalue weighted by atomic mass is 79.9. The van der Waals surface area contributed by atoms with E-state index in [1.165, 1.54) is 18.2 Å². The van der Waals surface area contributed by atoms with E-state index in [4.69, 9.17) is 10.6 Å². The third kappa shape index (κ3) is 2.21. The quantitative estimate of drug-likeness (QED) is 0.490. The van der Waals surface area contributed by atoms with Crippen molar-refractivity contribution in [2.45, 2.75) is 0 Å². The average molecular weight is 242 g/mol. The van der Waals surface area contributed by atoms with E-state index in [9.17, 15) is 4.79 Å². The summed E-state index contributed by atoms with van der Waals surface area (Å²) in [5.74, 6) is -1.07. The smallest absolute Gasteiger partial charge is 0.336 e. The second kappa shape index (κ2) is 3.93. The van der Waals surface area contributed by atoms with Crippen molar-refractivity contribution in [1.29, 1.82) is 0 Å². The third-order valence-electron chi connectivity index (χ3n) is 1.34. The van der Waals surface area contributed by atoms with Gasteiger partial charge in [-0.2, -0.15) is 0 Å². The molecule has 0 aromatic heterocycles. The van der Waals surface area contributed by atoms with E-state index in [2.05, 4.69) is 26.0 Å². The Hall–Kier alpha value is -1.52. The Balaban J connectivity index is 3.26. The second-order valence-electron chi connectivity index (χ2n) is 2.16. The zero-order chi connectivity index (χ0) is 9.84. The SMILES string of the molecule is [N-]=[N+]=Nc1ccc(Br)c(C(=O)O)c1. The van der Waals surface area contributed by atoms with Gasteiger partial charge in [0, 0.05) is 15.1 Å². The summed E-state index contributed by atoms with van der Waals surface area (Å²) in [5, 5.41) is 12.0. The number of carboxylic acid groups (broad SMARTS) is 1. The van der Waals surface area contributed by atoms with Crippen molar-refractivity contribution in [3.63, 3.8) is 0 Å². The summed E-state index contributed by atoms with van der Waals surface area (Å²) in [7, 11) is 0. The summed E-state index contributed by atoms with van der Waals surface area (Å²) in [6, 6.07) is 4.34. The van der Waals surface area contributed by atoms with Crippen LogP contribution in [0.25, 0.3) is 10.4 Å². The number of carbonyl (C=O) groups is 1. The summed E-state index contributed by atoms with van der Waals surface area (Å²) in [5.41, 5.74) is 8.47.